The van der Waals surface area contributed by atoms with E-state index in [4.69, 9.17) is 11.6 Å². The van der Waals surface area contributed by atoms with E-state index in [0.29, 0.717) is 5.02 Å². The van der Waals surface area contributed by atoms with Gasteiger partial charge in [0.25, 0.3) is 0 Å². The maximum Gasteiger partial charge on any atom is 0.137 e. The first kappa shape index (κ1) is 19.5. The van der Waals surface area contributed by atoms with Crippen LogP contribution in [0.4, 0.5) is 8.78 Å². The summed E-state index contributed by atoms with van der Waals surface area (Å²) < 4.78 is 31.3. The lowest BCUT2D eigenvalue weighted by Gasteiger charge is -2.35. The fourth-order valence-electron chi connectivity index (χ4n) is 3.61. The zero-order valence-electron chi connectivity index (χ0n) is 15.7. The van der Waals surface area contributed by atoms with Crippen LogP contribution in [0.25, 0.3) is 10.9 Å². The molecule has 2 aromatic heterocycles. The van der Waals surface area contributed by atoms with Crippen molar-refractivity contribution in [1.29, 1.82) is 0 Å². The van der Waals surface area contributed by atoms with Crippen molar-refractivity contribution in [2.45, 2.75) is 32.0 Å². The monoisotopic (exact) mass is 417 g/mol. The molecule has 0 saturated carbocycles. The predicted molar refractivity (Wildman–Crippen MR) is 104 cm³/mol. The molecule has 0 bridgehead atoms. The molecule has 4 aromatic rings. The van der Waals surface area contributed by atoms with Crippen LogP contribution in [0.5, 0.6) is 0 Å². The van der Waals surface area contributed by atoms with Gasteiger partial charge in [0.1, 0.15) is 29.9 Å². The van der Waals surface area contributed by atoms with Crippen LogP contribution >= 0.6 is 11.6 Å². The van der Waals surface area contributed by atoms with Gasteiger partial charge in [0, 0.05) is 22.0 Å². The van der Waals surface area contributed by atoms with Gasteiger partial charge in [-0.25, -0.2) is 18.4 Å². The van der Waals surface area contributed by atoms with Gasteiger partial charge < -0.3 is 5.11 Å². The highest BCUT2D eigenvalue weighted by Crippen LogP contribution is 2.38. The first-order valence-electron chi connectivity index (χ1n) is 8.94. The van der Waals surface area contributed by atoms with Crippen LogP contribution in [-0.2, 0) is 12.1 Å². The van der Waals surface area contributed by atoms with Crippen molar-refractivity contribution in [3.05, 3.63) is 77.0 Å². The molecular formula is C20H18ClF2N5O. The summed E-state index contributed by atoms with van der Waals surface area (Å²) in [7, 11) is 0. The van der Waals surface area contributed by atoms with E-state index in [1.165, 1.54) is 23.4 Å². The number of halogens is 3. The van der Waals surface area contributed by atoms with Crippen molar-refractivity contribution in [2.75, 3.05) is 0 Å². The maximum absolute atomic E-state index is 14.7. The second-order valence-electron chi connectivity index (χ2n) is 7.01. The highest BCUT2D eigenvalue weighted by molar-refractivity contribution is 6.31. The zero-order chi connectivity index (χ0) is 20.8. The molecule has 0 spiro atoms. The number of nitrogens with zero attached hydrogens (tertiary/aromatic N) is 5. The summed E-state index contributed by atoms with van der Waals surface area (Å²) in [4.78, 5) is 3.88. The van der Waals surface area contributed by atoms with Crippen molar-refractivity contribution in [1.82, 2.24) is 24.5 Å². The van der Waals surface area contributed by atoms with E-state index >= 15 is 0 Å². The molecule has 2 heterocycles. The average molecular weight is 418 g/mol. The maximum atomic E-state index is 14.7. The highest BCUT2D eigenvalue weighted by Gasteiger charge is 2.41. The lowest BCUT2D eigenvalue weighted by Crippen LogP contribution is -2.41. The Kier molecular flexibility index (Phi) is 4.84. The second-order valence-corrected chi connectivity index (χ2v) is 7.45. The van der Waals surface area contributed by atoms with E-state index in [9.17, 15) is 13.9 Å². The largest absolute Gasteiger partial charge is 0.381 e. The Labute approximate surface area is 170 Å². The molecule has 2 aromatic carbocycles. The van der Waals surface area contributed by atoms with Crippen LogP contribution in [0.1, 0.15) is 24.2 Å². The standard InChI is InChI=1S/C20H18ClF2N5O/c1-12-16-7-14(21)3-6-19(16)28(26-12)13(2)20(29,9-27-11-24-10-25-27)17-5-4-15(22)8-18(17)23/h3-8,10-11,13,29H,9H2,1-2H3/t13-,20-/m1/s1. The number of hydrogen-bond donors (Lipinski definition) is 1. The summed E-state index contributed by atoms with van der Waals surface area (Å²) in [5, 5.41) is 21.7. The summed E-state index contributed by atoms with van der Waals surface area (Å²) in [6.07, 6.45) is 2.74. The Morgan fingerprint density at radius 2 is 2.00 bits per heavy atom. The van der Waals surface area contributed by atoms with Gasteiger partial charge in [0.2, 0.25) is 0 Å². The topological polar surface area (TPSA) is 68.8 Å². The van der Waals surface area contributed by atoms with Gasteiger partial charge in [-0.3, -0.25) is 4.68 Å². The number of rotatable bonds is 5. The van der Waals surface area contributed by atoms with Crippen LogP contribution in [-0.4, -0.2) is 29.7 Å². The number of fused-ring (bicyclic) bond motifs is 1. The van der Waals surface area contributed by atoms with E-state index in [0.717, 1.165) is 28.7 Å². The van der Waals surface area contributed by atoms with Gasteiger partial charge in [0.15, 0.2) is 0 Å². The van der Waals surface area contributed by atoms with Crippen molar-refractivity contribution in [3.63, 3.8) is 0 Å². The first-order chi connectivity index (χ1) is 13.8. The van der Waals surface area contributed by atoms with Crippen molar-refractivity contribution in [3.8, 4) is 0 Å². The normalized spacial score (nSPS) is 14.8. The second kappa shape index (κ2) is 7.20. The van der Waals surface area contributed by atoms with Gasteiger partial charge in [-0.1, -0.05) is 17.7 Å². The summed E-state index contributed by atoms with van der Waals surface area (Å²) in [5.74, 6) is -1.58. The van der Waals surface area contributed by atoms with E-state index in [1.54, 1.807) is 29.8 Å². The summed E-state index contributed by atoms with van der Waals surface area (Å²) in [6, 6.07) is 7.69. The third kappa shape index (κ3) is 3.38. The number of aryl methyl sites for hydroxylation is 1. The van der Waals surface area contributed by atoms with Crippen molar-refractivity contribution < 1.29 is 13.9 Å². The van der Waals surface area contributed by atoms with E-state index in [1.807, 2.05) is 6.92 Å². The van der Waals surface area contributed by atoms with Crippen LogP contribution in [0.3, 0.4) is 0 Å². The van der Waals surface area contributed by atoms with Gasteiger partial charge in [0.05, 0.1) is 23.8 Å². The Morgan fingerprint density at radius 1 is 1.21 bits per heavy atom. The fraction of sp³-hybridized carbons (Fsp3) is 0.250. The lowest BCUT2D eigenvalue weighted by atomic mass is 9.86. The van der Waals surface area contributed by atoms with E-state index < -0.39 is 23.3 Å². The molecule has 0 aliphatic carbocycles. The van der Waals surface area contributed by atoms with Gasteiger partial charge in [-0.15, -0.1) is 0 Å². The summed E-state index contributed by atoms with van der Waals surface area (Å²) in [5.41, 5.74) is -0.399. The molecule has 4 rings (SSSR count). The molecule has 9 heteroatoms. The number of aliphatic hydroxyl groups is 1. The molecule has 6 nitrogen and oxygen atoms in total. The molecule has 0 saturated heterocycles. The first-order valence-corrected chi connectivity index (χ1v) is 9.32. The summed E-state index contributed by atoms with van der Waals surface area (Å²) >= 11 is 6.11. The Bertz CT molecular complexity index is 1180. The molecule has 2 atom stereocenters. The van der Waals surface area contributed by atoms with Crippen LogP contribution in [0.2, 0.25) is 5.02 Å². The third-order valence-electron chi connectivity index (χ3n) is 5.18. The van der Waals surface area contributed by atoms with Gasteiger partial charge in [-0.05, 0) is 38.1 Å². The van der Waals surface area contributed by atoms with E-state index in [2.05, 4.69) is 15.2 Å². The molecule has 0 amide bonds. The lowest BCUT2D eigenvalue weighted by molar-refractivity contribution is -0.0355. The Balaban J connectivity index is 1.89. The van der Waals surface area contributed by atoms with Crippen molar-refractivity contribution >= 4 is 22.5 Å². The molecule has 150 valence electrons. The predicted octanol–water partition coefficient (Wildman–Crippen LogP) is 4.02. The number of hydrogen-bond acceptors (Lipinski definition) is 4. The van der Waals surface area contributed by atoms with Crippen LogP contribution in [0, 0.1) is 18.6 Å². The molecule has 0 unspecified atom stereocenters. The van der Waals surface area contributed by atoms with Gasteiger partial charge in [-0.2, -0.15) is 10.2 Å². The zero-order valence-corrected chi connectivity index (χ0v) is 16.5. The molecule has 0 aliphatic heterocycles. The Hall–Kier alpha value is -2.84. The molecule has 0 fully saturated rings. The van der Waals surface area contributed by atoms with Crippen LogP contribution < -0.4 is 0 Å². The number of aromatic nitrogens is 5. The minimum atomic E-state index is -1.80. The van der Waals surface area contributed by atoms with Crippen molar-refractivity contribution in [2.24, 2.45) is 0 Å². The van der Waals surface area contributed by atoms with Gasteiger partial charge >= 0.3 is 0 Å². The number of benzene rings is 2. The summed E-state index contributed by atoms with van der Waals surface area (Å²) in [6.45, 7) is 3.45. The minimum Gasteiger partial charge on any atom is -0.381 e. The van der Waals surface area contributed by atoms with Crippen LogP contribution in [0.15, 0.2) is 49.1 Å². The quantitative estimate of drug-likeness (QED) is 0.532. The Morgan fingerprint density at radius 3 is 2.69 bits per heavy atom. The molecule has 0 aliphatic rings. The SMILES string of the molecule is Cc1nn([C@H](C)[C@](O)(Cn2cncn2)c2ccc(F)cc2F)c2ccc(Cl)cc12. The molecule has 29 heavy (non-hydrogen) atoms. The van der Waals surface area contributed by atoms with E-state index in [-0.39, 0.29) is 12.1 Å². The average Bonchev–Trinajstić information content (AvgIpc) is 3.29. The molecule has 0 radical (unpaired) electrons. The third-order valence-corrected chi connectivity index (χ3v) is 5.41. The molecular weight excluding hydrogens is 400 g/mol. The minimum absolute atomic E-state index is 0.0582. The fourth-order valence-corrected chi connectivity index (χ4v) is 3.78. The smallest absolute Gasteiger partial charge is 0.137 e. The highest BCUT2D eigenvalue weighted by atomic mass is 35.5. The molecule has 1 N–H and O–H groups in total.